The summed E-state index contributed by atoms with van der Waals surface area (Å²) in [7, 11) is 0. The smallest absolute Gasteiger partial charge is 0.227 e. The monoisotopic (exact) mass is 422 g/mol. The van der Waals surface area contributed by atoms with Crippen molar-refractivity contribution in [2.24, 2.45) is 11.8 Å². The van der Waals surface area contributed by atoms with E-state index < -0.39 is 0 Å². The number of carbonyl (C=O) groups excluding carboxylic acids is 1. The lowest BCUT2D eigenvalue weighted by atomic mass is 9.71. The van der Waals surface area contributed by atoms with Gasteiger partial charge in [-0.2, -0.15) is 0 Å². The predicted molar refractivity (Wildman–Crippen MR) is 121 cm³/mol. The largest absolute Gasteiger partial charge is 0.336 e. The zero-order valence-corrected chi connectivity index (χ0v) is 18.4. The molecule has 0 N–H and O–H groups in total. The highest BCUT2D eigenvalue weighted by Gasteiger charge is 2.57. The molecule has 0 unspecified atom stereocenters. The molecule has 30 heavy (non-hydrogen) atoms. The molecule has 1 saturated carbocycles. The Kier molecular flexibility index (Phi) is 5.59. The topological polar surface area (TPSA) is 23.6 Å². The second-order valence-electron chi connectivity index (χ2n) is 9.52. The van der Waals surface area contributed by atoms with Crippen LogP contribution in [0, 0.1) is 11.8 Å². The van der Waals surface area contributed by atoms with Gasteiger partial charge in [0.1, 0.15) is 0 Å². The maximum Gasteiger partial charge on any atom is 0.227 e. The van der Waals surface area contributed by atoms with E-state index in [0.717, 1.165) is 31.7 Å². The number of hydrogen-bond donors (Lipinski definition) is 0. The standard InChI is InChI=1S/C26H31ClN2O/c27-23-11-7-10-21(14-23)15-25(30)29-18-22-17-28(16-20-8-3-1-4-9-20)19-24(22)26(29)12-5-2-6-13-26/h1,3-4,7-11,14,22,24H,2,5-6,12-13,15-19H2/t22-,24-/m1/s1. The third-order valence-electron chi connectivity index (χ3n) is 7.68. The van der Waals surface area contributed by atoms with Gasteiger partial charge >= 0.3 is 0 Å². The maximum absolute atomic E-state index is 13.5. The van der Waals surface area contributed by atoms with Crippen LogP contribution in [0.5, 0.6) is 0 Å². The second-order valence-corrected chi connectivity index (χ2v) is 9.96. The number of carbonyl (C=O) groups is 1. The fraction of sp³-hybridized carbons (Fsp3) is 0.500. The summed E-state index contributed by atoms with van der Waals surface area (Å²) in [5.74, 6) is 1.52. The lowest BCUT2D eigenvalue weighted by Gasteiger charge is -2.45. The summed E-state index contributed by atoms with van der Waals surface area (Å²) in [6, 6.07) is 18.6. The Labute approximate surface area is 185 Å². The van der Waals surface area contributed by atoms with Crippen LogP contribution in [0.3, 0.4) is 0 Å². The highest BCUT2D eigenvalue weighted by atomic mass is 35.5. The molecule has 0 bridgehead atoms. The van der Waals surface area contributed by atoms with Gasteiger partial charge in [0.15, 0.2) is 0 Å². The van der Waals surface area contributed by atoms with Crippen LogP contribution in [-0.4, -0.2) is 40.9 Å². The molecular weight excluding hydrogens is 392 g/mol. The van der Waals surface area contributed by atoms with E-state index in [1.165, 1.54) is 37.7 Å². The number of benzene rings is 2. The zero-order valence-electron chi connectivity index (χ0n) is 17.6. The first-order valence-electron chi connectivity index (χ1n) is 11.5. The molecule has 2 aromatic carbocycles. The van der Waals surface area contributed by atoms with Crippen molar-refractivity contribution in [3.05, 3.63) is 70.7 Å². The van der Waals surface area contributed by atoms with Crippen molar-refractivity contribution in [3.63, 3.8) is 0 Å². The van der Waals surface area contributed by atoms with Gasteiger partial charge in [0.25, 0.3) is 0 Å². The van der Waals surface area contributed by atoms with E-state index in [4.69, 9.17) is 11.6 Å². The number of rotatable bonds is 4. The van der Waals surface area contributed by atoms with Gasteiger partial charge in [-0.1, -0.05) is 73.3 Å². The summed E-state index contributed by atoms with van der Waals surface area (Å²) in [6.45, 7) is 4.19. The SMILES string of the molecule is O=C(Cc1cccc(Cl)c1)N1C[C@H]2CN(Cc3ccccc3)C[C@H]2C12CCCCC2. The van der Waals surface area contributed by atoms with Crippen LogP contribution in [0.2, 0.25) is 5.02 Å². The van der Waals surface area contributed by atoms with Gasteiger partial charge in [0.2, 0.25) is 5.91 Å². The highest BCUT2D eigenvalue weighted by molar-refractivity contribution is 6.30. The summed E-state index contributed by atoms with van der Waals surface area (Å²) in [5, 5.41) is 0.711. The lowest BCUT2D eigenvalue weighted by Crippen LogP contribution is -2.53. The number of nitrogens with zero attached hydrogens (tertiary/aromatic N) is 2. The molecule has 5 rings (SSSR count). The van der Waals surface area contributed by atoms with E-state index in [1.54, 1.807) is 0 Å². The Morgan fingerprint density at radius 1 is 0.933 bits per heavy atom. The molecule has 1 aliphatic carbocycles. The van der Waals surface area contributed by atoms with Gasteiger partial charge in [-0.15, -0.1) is 0 Å². The van der Waals surface area contributed by atoms with E-state index in [2.05, 4.69) is 40.1 Å². The van der Waals surface area contributed by atoms with Crippen LogP contribution in [0.4, 0.5) is 0 Å². The lowest BCUT2D eigenvalue weighted by molar-refractivity contribution is -0.137. The summed E-state index contributed by atoms with van der Waals surface area (Å²) in [6.07, 6.45) is 6.63. The van der Waals surface area contributed by atoms with Crippen molar-refractivity contribution in [1.29, 1.82) is 0 Å². The van der Waals surface area contributed by atoms with E-state index in [9.17, 15) is 4.79 Å². The molecule has 3 aliphatic rings. The Morgan fingerprint density at radius 3 is 2.47 bits per heavy atom. The summed E-state index contributed by atoms with van der Waals surface area (Å²) < 4.78 is 0. The number of hydrogen-bond acceptors (Lipinski definition) is 2. The fourth-order valence-corrected chi connectivity index (χ4v) is 6.63. The number of likely N-dealkylation sites (tertiary alicyclic amines) is 2. The van der Waals surface area contributed by atoms with Crippen molar-refractivity contribution in [2.45, 2.75) is 50.6 Å². The van der Waals surface area contributed by atoms with Crippen LogP contribution >= 0.6 is 11.6 Å². The minimum atomic E-state index is 0.0734. The molecule has 158 valence electrons. The minimum Gasteiger partial charge on any atom is -0.336 e. The first kappa shape index (κ1) is 20.1. The zero-order chi connectivity index (χ0) is 20.6. The number of halogens is 1. The third-order valence-corrected chi connectivity index (χ3v) is 7.91. The Hall–Kier alpha value is -1.84. The van der Waals surface area contributed by atoms with Gasteiger partial charge in [0.05, 0.1) is 6.42 Å². The molecule has 3 nitrogen and oxygen atoms in total. The third kappa shape index (κ3) is 3.78. The van der Waals surface area contributed by atoms with E-state index in [1.807, 2.05) is 24.3 Å². The molecule has 0 radical (unpaired) electrons. The molecule has 2 atom stereocenters. The van der Waals surface area contributed by atoms with Crippen LogP contribution in [0.15, 0.2) is 54.6 Å². The first-order chi connectivity index (χ1) is 14.6. The summed E-state index contributed by atoms with van der Waals surface area (Å²) in [4.78, 5) is 18.4. The van der Waals surface area contributed by atoms with E-state index in [0.29, 0.717) is 29.2 Å². The van der Waals surface area contributed by atoms with Crippen molar-refractivity contribution >= 4 is 17.5 Å². The van der Waals surface area contributed by atoms with Gasteiger partial charge in [-0.05, 0) is 42.0 Å². The van der Waals surface area contributed by atoms with E-state index in [-0.39, 0.29) is 5.54 Å². The van der Waals surface area contributed by atoms with Gasteiger partial charge in [-0.3, -0.25) is 9.69 Å². The quantitative estimate of drug-likeness (QED) is 0.678. The van der Waals surface area contributed by atoms with Crippen molar-refractivity contribution in [1.82, 2.24) is 9.80 Å². The normalized spacial score (nSPS) is 25.6. The number of fused-ring (bicyclic) bond motifs is 2. The average Bonchev–Trinajstić information content (AvgIpc) is 3.27. The molecule has 1 spiro atoms. The average molecular weight is 423 g/mol. The van der Waals surface area contributed by atoms with Crippen LogP contribution < -0.4 is 0 Å². The Balaban J connectivity index is 1.34. The van der Waals surface area contributed by atoms with Crippen LogP contribution in [-0.2, 0) is 17.8 Å². The van der Waals surface area contributed by atoms with Crippen LogP contribution in [0.1, 0.15) is 43.2 Å². The van der Waals surface area contributed by atoms with E-state index >= 15 is 0 Å². The second kappa shape index (κ2) is 8.36. The minimum absolute atomic E-state index is 0.0734. The molecule has 2 aliphatic heterocycles. The molecule has 2 heterocycles. The van der Waals surface area contributed by atoms with Crippen molar-refractivity contribution in [2.75, 3.05) is 19.6 Å². The van der Waals surface area contributed by atoms with Crippen molar-refractivity contribution in [3.8, 4) is 0 Å². The first-order valence-corrected chi connectivity index (χ1v) is 11.8. The molecule has 2 aromatic rings. The molecule has 3 fully saturated rings. The van der Waals surface area contributed by atoms with Gasteiger partial charge < -0.3 is 4.90 Å². The Morgan fingerprint density at radius 2 is 1.70 bits per heavy atom. The molecule has 2 saturated heterocycles. The van der Waals surface area contributed by atoms with Crippen molar-refractivity contribution < 1.29 is 4.79 Å². The fourth-order valence-electron chi connectivity index (χ4n) is 6.41. The molecular formula is C26H31ClN2O. The number of amides is 1. The molecule has 4 heteroatoms. The molecule has 1 amide bonds. The van der Waals surface area contributed by atoms with Gasteiger partial charge in [0, 0.05) is 42.7 Å². The highest BCUT2D eigenvalue weighted by Crippen LogP contribution is 2.51. The summed E-state index contributed by atoms with van der Waals surface area (Å²) >= 11 is 6.16. The maximum atomic E-state index is 13.5. The Bertz CT molecular complexity index is 893. The summed E-state index contributed by atoms with van der Waals surface area (Å²) in [5.41, 5.74) is 2.49. The molecule has 0 aromatic heterocycles. The van der Waals surface area contributed by atoms with Gasteiger partial charge in [-0.25, -0.2) is 0 Å². The predicted octanol–water partition coefficient (Wildman–Crippen LogP) is 5.18. The van der Waals surface area contributed by atoms with Crippen LogP contribution in [0.25, 0.3) is 0 Å².